The van der Waals surface area contributed by atoms with Gasteiger partial charge in [-0.3, -0.25) is 4.79 Å². The Morgan fingerprint density at radius 3 is 2.44 bits per heavy atom. The van der Waals surface area contributed by atoms with Gasteiger partial charge in [-0.1, -0.05) is 29.8 Å². The molecule has 0 radical (unpaired) electrons. The van der Waals surface area contributed by atoms with Gasteiger partial charge < -0.3 is 5.32 Å². The minimum Gasteiger partial charge on any atom is -0.354 e. The summed E-state index contributed by atoms with van der Waals surface area (Å²) in [5.41, 5.74) is 2.59. The van der Waals surface area contributed by atoms with Gasteiger partial charge in [-0.15, -0.1) is 0 Å². The number of amides is 1. The lowest BCUT2D eigenvalue weighted by Gasteiger charge is -2.07. The van der Waals surface area contributed by atoms with Crippen LogP contribution in [0.4, 0.5) is 0 Å². The number of carbonyl (C=O) groups excluding carboxylic acids is 1. The number of hydrogen-bond acceptors (Lipinski definition) is 1. The SMILES string of the molecule is Cc1ccc(CCCC(=O)NC(C)C)cc1. The molecule has 0 fully saturated rings. The summed E-state index contributed by atoms with van der Waals surface area (Å²) in [6.45, 7) is 6.05. The molecule has 0 spiro atoms. The number of aryl methyl sites for hydroxylation is 2. The fraction of sp³-hybridized carbons (Fsp3) is 0.500. The van der Waals surface area contributed by atoms with E-state index in [-0.39, 0.29) is 11.9 Å². The van der Waals surface area contributed by atoms with Gasteiger partial charge >= 0.3 is 0 Å². The maximum Gasteiger partial charge on any atom is 0.220 e. The van der Waals surface area contributed by atoms with Gasteiger partial charge in [-0.25, -0.2) is 0 Å². The van der Waals surface area contributed by atoms with Gasteiger partial charge in [0.05, 0.1) is 0 Å². The maximum absolute atomic E-state index is 11.4. The van der Waals surface area contributed by atoms with Gasteiger partial charge in [0.2, 0.25) is 5.91 Å². The Morgan fingerprint density at radius 2 is 1.88 bits per heavy atom. The van der Waals surface area contributed by atoms with Gasteiger partial charge in [-0.05, 0) is 39.2 Å². The minimum atomic E-state index is 0.155. The Bertz CT molecular complexity index is 327. The predicted molar refractivity (Wildman–Crippen MR) is 67.4 cm³/mol. The lowest BCUT2D eigenvalue weighted by molar-refractivity contribution is -0.121. The average Bonchev–Trinajstić information content (AvgIpc) is 2.20. The van der Waals surface area contributed by atoms with Gasteiger partial charge in [0.1, 0.15) is 0 Å². The summed E-state index contributed by atoms with van der Waals surface area (Å²) in [7, 11) is 0. The predicted octanol–water partition coefficient (Wildman–Crippen LogP) is 2.84. The summed E-state index contributed by atoms with van der Waals surface area (Å²) in [4.78, 5) is 11.4. The Balaban J connectivity index is 2.25. The third-order valence-corrected chi connectivity index (χ3v) is 2.44. The molecule has 0 saturated carbocycles. The van der Waals surface area contributed by atoms with Crippen molar-refractivity contribution in [2.75, 3.05) is 0 Å². The maximum atomic E-state index is 11.4. The van der Waals surface area contributed by atoms with Crippen LogP contribution >= 0.6 is 0 Å². The average molecular weight is 219 g/mol. The van der Waals surface area contributed by atoms with Crippen LogP contribution in [-0.2, 0) is 11.2 Å². The van der Waals surface area contributed by atoms with Crippen LogP contribution in [0.15, 0.2) is 24.3 Å². The first-order valence-corrected chi connectivity index (χ1v) is 5.93. The topological polar surface area (TPSA) is 29.1 Å². The zero-order valence-electron chi connectivity index (χ0n) is 10.4. The van der Waals surface area contributed by atoms with Gasteiger partial charge in [0, 0.05) is 12.5 Å². The molecule has 0 aliphatic carbocycles. The first-order chi connectivity index (χ1) is 7.58. The fourth-order valence-corrected chi connectivity index (χ4v) is 1.60. The number of carbonyl (C=O) groups is 1. The second-order valence-electron chi connectivity index (χ2n) is 4.56. The van der Waals surface area contributed by atoms with E-state index in [2.05, 4.69) is 36.5 Å². The van der Waals surface area contributed by atoms with Crippen molar-refractivity contribution in [3.8, 4) is 0 Å². The van der Waals surface area contributed by atoms with Crippen LogP contribution in [0.1, 0.15) is 37.8 Å². The summed E-state index contributed by atoms with van der Waals surface area (Å²) in [6.07, 6.45) is 2.51. The van der Waals surface area contributed by atoms with E-state index in [1.54, 1.807) is 0 Å². The monoisotopic (exact) mass is 219 g/mol. The van der Waals surface area contributed by atoms with Gasteiger partial charge in [0.15, 0.2) is 0 Å². The van der Waals surface area contributed by atoms with E-state index in [0.29, 0.717) is 6.42 Å². The molecule has 16 heavy (non-hydrogen) atoms. The number of benzene rings is 1. The summed E-state index contributed by atoms with van der Waals surface area (Å²) in [5, 5.41) is 2.90. The largest absolute Gasteiger partial charge is 0.354 e. The molecule has 2 nitrogen and oxygen atoms in total. The summed E-state index contributed by atoms with van der Waals surface area (Å²) >= 11 is 0. The number of hydrogen-bond donors (Lipinski definition) is 1. The molecule has 0 atom stereocenters. The Hall–Kier alpha value is -1.31. The van der Waals surface area contributed by atoms with E-state index in [0.717, 1.165) is 12.8 Å². The lowest BCUT2D eigenvalue weighted by Crippen LogP contribution is -2.29. The number of nitrogens with one attached hydrogen (secondary N) is 1. The zero-order valence-corrected chi connectivity index (χ0v) is 10.4. The first-order valence-electron chi connectivity index (χ1n) is 5.93. The Labute approximate surface area is 98.1 Å². The molecule has 1 aromatic rings. The van der Waals surface area contributed by atoms with E-state index >= 15 is 0 Å². The van der Waals surface area contributed by atoms with Crippen LogP contribution in [0.2, 0.25) is 0 Å². The van der Waals surface area contributed by atoms with E-state index in [4.69, 9.17) is 0 Å². The highest BCUT2D eigenvalue weighted by Gasteiger charge is 2.02. The molecular weight excluding hydrogens is 198 g/mol. The molecule has 0 bridgehead atoms. The van der Waals surface area contributed by atoms with Crippen molar-refractivity contribution in [1.82, 2.24) is 5.32 Å². The molecule has 0 unspecified atom stereocenters. The molecule has 0 heterocycles. The fourth-order valence-electron chi connectivity index (χ4n) is 1.60. The quantitative estimate of drug-likeness (QED) is 0.810. The lowest BCUT2D eigenvalue weighted by atomic mass is 10.1. The van der Waals surface area contributed by atoms with Crippen molar-refractivity contribution >= 4 is 5.91 Å². The highest BCUT2D eigenvalue weighted by molar-refractivity contribution is 5.76. The molecule has 88 valence electrons. The standard InChI is InChI=1S/C14H21NO/c1-11(2)15-14(16)6-4-5-13-9-7-12(3)8-10-13/h7-11H,4-6H2,1-3H3,(H,15,16). The second kappa shape index (κ2) is 6.31. The first kappa shape index (κ1) is 12.8. The molecule has 0 aromatic heterocycles. The third kappa shape index (κ3) is 4.96. The van der Waals surface area contributed by atoms with Crippen LogP contribution in [0.3, 0.4) is 0 Å². The molecule has 1 N–H and O–H groups in total. The van der Waals surface area contributed by atoms with Crippen LogP contribution < -0.4 is 5.32 Å². The van der Waals surface area contributed by atoms with Crippen molar-refractivity contribution in [3.63, 3.8) is 0 Å². The molecule has 1 aromatic carbocycles. The molecule has 0 saturated heterocycles. The highest BCUT2D eigenvalue weighted by atomic mass is 16.1. The van der Waals surface area contributed by atoms with Crippen molar-refractivity contribution in [3.05, 3.63) is 35.4 Å². The van der Waals surface area contributed by atoms with Crippen molar-refractivity contribution in [2.45, 2.75) is 46.1 Å². The summed E-state index contributed by atoms with van der Waals surface area (Å²) in [5.74, 6) is 0.155. The smallest absolute Gasteiger partial charge is 0.220 e. The van der Waals surface area contributed by atoms with E-state index in [1.165, 1.54) is 11.1 Å². The Kier molecular flexibility index (Phi) is 5.03. The third-order valence-electron chi connectivity index (χ3n) is 2.44. The molecular formula is C14H21NO. The molecule has 1 amide bonds. The Morgan fingerprint density at radius 1 is 1.25 bits per heavy atom. The van der Waals surface area contributed by atoms with Crippen molar-refractivity contribution in [1.29, 1.82) is 0 Å². The van der Waals surface area contributed by atoms with Crippen LogP contribution in [0, 0.1) is 6.92 Å². The normalized spacial score (nSPS) is 10.5. The number of rotatable bonds is 5. The zero-order chi connectivity index (χ0) is 12.0. The van der Waals surface area contributed by atoms with Crippen LogP contribution in [0.25, 0.3) is 0 Å². The van der Waals surface area contributed by atoms with Crippen molar-refractivity contribution < 1.29 is 4.79 Å². The van der Waals surface area contributed by atoms with Gasteiger partial charge in [-0.2, -0.15) is 0 Å². The highest BCUT2D eigenvalue weighted by Crippen LogP contribution is 2.07. The van der Waals surface area contributed by atoms with Gasteiger partial charge in [0.25, 0.3) is 0 Å². The molecule has 1 rings (SSSR count). The summed E-state index contributed by atoms with van der Waals surface area (Å²) < 4.78 is 0. The van der Waals surface area contributed by atoms with Crippen LogP contribution in [0.5, 0.6) is 0 Å². The summed E-state index contributed by atoms with van der Waals surface area (Å²) in [6, 6.07) is 8.74. The second-order valence-corrected chi connectivity index (χ2v) is 4.56. The van der Waals surface area contributed by atoms with E-state index in [9.17, 15) is 4.79 Å². The minimum absolute atomic E-state index is 0.155. The van der Waals surface area contributed by atoms with Crippen LogP contribution in [-0.4, -0.2) is 11.9 Å². The molecule has 0 aliphatic heterocycles. The van der Waals surface area contributed by atoms with Crippen molar-refractivity contribution in [2.24, 2.45) is 0 Å². The molecule has 0 aliphatic rings. The molecule has 2 heteroatoms. The van der Waals surface area contributed by atoms with E-state index in [1.807, 2.05) is 13.8 Å². The van der Waals surface area contributed by atoms with E-state index < -0.39 is 0 Å².